The average molecular weight is 362 g/mol. The molecule has 0 amide bonds. The first-order chi connectivity index (χ1) is 13.0. The van der Waals surface area contributed by atoms with Crippen LogP contribution in [0.4, 0.5) is 0 Å². The summed E-state index contributed by atoms with van der Waals surface area (Å²) < 4.78 is 1.93. The Bertz CT molecular complexity index is 958. The maximum Gasteiger partial charge on any atom is 0.187 e. The second-order valence-electron chi connectivity index (χ2n) is 6.79. The van der Waals surface area contributed by atoms with Crippen LogP contribution in [-0.2, 0) is 0 Å². The monoisotopic (exact) mass is 362 g/mol. The third-order valence-electron chi connectivity index (χ3n) is 4.78. The van der Waals surface area contributed by atoms with Crippen molar-refractivity contribution in [2.45, 2.75) is 13.3 Å². The smallest absolute Gasteiger partial charge is 0.187 e. The van der Waals surface area contributed by atoms with Gasteiger partial charge in [-0.05, 0) is 37.1 Å². The largest absolute Gasteiger partial charge is 0.373 e. The molecule has 1 unspecified atom stereocenters. The van der Waals surface area contributed by atoms with Crippen molar-refractivity contribution in [1.29, 1.82) is 0 Å². The number of nitrogens with two attached hydrogens (primary N) is 1. The molecule has 3 aromatic heterocycles. The minimum atomic E-state index is 0.473. The number of aromatic nitrogens is 4. The Kier molecular flexibility index (Phi) is 5.66. The average Bonchev–Trinajstić information content (AvgIpc) is 3.14. The van der Waals surface area contributed by atoms with Crippen molar-refractivity contribution in [1.82, 2.24) is 24.5 Å². The fourth-order valence-electron chi connectivity index (χ4n) is 2.85. The van der Waals surface area contributed by atoms with Gasteiger partial charge in [-0.1, -0.05) is 38.3 Å². The van der Waals surface area contributed by atoms with Gasteiger partial charge in [0, 0.05) is 25.4 Å². The van der Waals surface area contributed by atoms with Gasteiger partial charge in [0.1, 0.15) is 5.69 Å². The van der Waals surface area contributed by atoms with Crippen LogP contribution in [0.15, 0.2) is 49.7 Å². The molecule has 0 saturated heterocycles. The fraction of sp³-hybridized carbons (Fsp3) is 0.286. The van der Waals surface area contributed by atoms with Crippen LogP contribution in [0.1, 0.15) is 24.6 Å². The quantitative estimate of drug-likeness (QED) is 0.665. The molecule has 0 radical (unpaired) electrons. The van der Waals surface area contributed by atoms with E-state index in [1.165, 1.54) is 0 Å². The molecular formula is C21H26N6. The highest BCUT2D eigenvalue weighted by Crippen LogP contribution is 2.24. The minimum Gasteiger partial charge on any atom is -0.373 e. The molecule has 6 nitrogen and oxygen atoms in total. The van der Waals surface area contributed by atoms with E-state index in [-0.39, 0.29) is 0 Å². The molecule has 3 aromatic rings. The van der Waals surface area contributed by atoms with Crippen molar-refractivity contribution in [3.63, 3.8) is 0 Å². The molecule has 0 aliphatic heterocycles. The van der Waals surface area contributed by atoms with Gasteiger partial charge in [0.15, 0.2) is 11.5 Å². The molecule has 1 atom stereocenters. The van der Waals surface area contributed by atoms with Gasteiger partial charge in [-0.25, -0.2) is 4.98 Å². The molecule has 27 heavy (non-hydrogen) atoms. The van der Waals surface area contributed by atoms with Crippen LogP contribution in [0.3, 0.4) is 0 Å². The SMILES string of the molecule is C=Cc1ccc(-c2nnc3ccccn23)nc1C(=C)N(C)CCC(C)CN. The second kappa shape index (κ2) is 8.14. The Labute approximate surface area is 160 Å². The van der Waals surface area contributed by atoms with Crippen LogP contribution >= 0.6 is 0 Å². The van der Waals surface area contributed by atoms with E-state index in [4.69, 9.17) is 10.7 Å². The molecule has 0 aromatic carbocycles. The number of pyridine rings is 2. The van der Waals surface area contributed by atoms with Crippen molar-refractivity contribution < 1.29 is 0 Å². The van der Waals surface area contributed by atoms with Gasteiger partial charge in [-0.2, -0.15) is 0 Å². The second-order valence-corrected chi connectivity index (χ2v) is 6.79. The summed E-state index contributed by atoms with van der Waals surface area (Å²) in [4.78, 5) is 6.96. The topological polar surface area (TPSA) is 72.3 Å². The molecule has 0 bridgehead atoms. The Morgan fingerprint density at radius 2 is 2.11 bits per heavy atom. The molecule has 3 heterocycles. The normalized spacial score (nSPS) is 12.1. The highest BCUT2D eigenvalue weighted by molar-refractivity contribution is 5.71. The maximum absolute atomic E-state index is 5.73. The standard InChI is InChI=1S/C21H26N6/c1-5-17-9-10-18(21-25-24-19-8-6-7-12-27(19)21)23-20(17)16(3)26(4)13-11-15(2)14-22/h5-10,12,15H,1,3,11,13-14,22H2,2,4H3. The van der Waals surface area contributed by atoms with Gasteiger partial charge in [0.2, 0.25) is 0 Å². The Balaban J connectivity index is 1.94. The molecule has 0 fully saturated rings. The summed E-state index contributed by atoms with van der Waals surface area (Å²) in [5, 5.41) is 8.52. The van der Waals surface area contributed by atoms with Crippen molar-refractivity contribution in [2.24, 2.45) is 11.7 Å². The van der Waals surface area contributed by atoms with E-state index in [1.807, 2.05) is 48.0 Å². The molecule has 0 aliphatic carbocycles. The van der Waals surface area contributed by atoms with Crippen LogP contribution < -0.4 is 5.73 Å². The van der Waals surface area contributed by atoms with Crippen molar-refractivity contribution >= 4 is 17.4 Å². The van der Waals surface area contributed by atoms with Crippen molar-refractivity contribution in [3.8, 4) is 11.5 Å². The summed E-state index contributed by atoms with van der Waals surface area (Å²) in [6, 6.07) is 9.74. The van der Waals surface area contributed by atoms with E-state index in [9.17, 15) is 0 Å². The molecule has 140 valence electrons. The third-order valence-corrected chi connectivity index (χ3v) is 4.78. The number of hydrogen-bond acceptors (Lipinski definition) is 5. The van der Waals surface area contributed by atoms with Gasteiger partial charge < -0.3 is 10.6 Å². The Morgan fingerprint density at radius 1 is 1.30 bits per heavy atom. The summed E-state index contributed by atoms with van der Waals surface area (Å²) in [6.45, 7) is 11.9. The minimum absolute atomic E-state index is 0.473. The zero-order chi connectivity index (χ0) is 19.4. The zero-order valence-electron chi connectivity index (χ0n) is 16.0. The highest BCUT2D eigenvalue weighted by Gasteiger charge is 2.15. The summed E-state index contributed by atoms with van der Waals surface area (Å²) in [7, 11) is 2.03. The lowest BCUT2D eigenvalue weighted by Crippen LogP contribution is -2.22. The number of hydrogen-bond donors (Lipinski definition) is 1. The van der Waals surface area contributed by atoms with Gasteiger partial charge in [0.25, 0.3) is 0 Å². The third kappa shape index (κ3) is 3.90. The molecule has 0 spiro atoms. The van der Waals surface area contributed by atoms with E-state index in [1.54, 1.807) is 6.08 Å². The predicted molar refractivity (Wildman–Crippen MR) is 111 cm³/mol. The summed E-state index contributed by atoms with van der Waals surface area (Å²) in [5.41, 5.74) is 9.86. The summed E-state index contributed by atoms with van der Waals surface area (Å²) in [5.74, 6) is 1.18. The van der Waals surface area contributed by atoms with Gasteiger partial charge in [-0.15, -0.1) is 10.2 Å². The molecule has 3 rings (SSSR count). The molecule has 0 aliphatic rings. The highest BCUT2D eigenvalue weighted by atomic mass is 15.3. The number of rotatable bonds is 8. The van der Waals surface area contributed by atoms with E-state index >= 15 is 0 Å². The lowest BCUT2D eigenvalue weighted by Gasteiger charge is -2.24. The van der Waals surface area contributed by atoms with Crippen LogP contribution in [-0.4, -0.2) is 44.6 Å². The lowest BCUT2D eigenvalue weighted by atomic mass is 10.1. The van der Waals surface area contributed by atoms with E-state index in [0.717, 1.165) is 41.3 Å². The first kappa shape index (κ1) is 18.8. The van der Waals surface area contributed by atoms with Gasteiger partial charge >= 0.3 is 0 Å². The van der Waals surface area contributed by atoms with Gasteiger partial charge in [-0.3, -0.25) is 4.40 Å². The Morgan fingerprint density at radius 3 is 2.85 bits per heavy atom. The van der Waals surface area contributed by atoms with Crippen molar-refractivity contribution in [2.75, 3.05) is 20.1 Å². The maximum atomic E-state index is 5.73. The lowest BCUT2D eigenvalue weighted by molar-refractivity contribution is 0.410. The van der Waals surface area contributed by atoms with E-state index in [2.05, 4.69) is 35.2 Å². The number of nitrogens with zero attached hydrogens (tertiary/aromatic N) is 5. The molecule has 2 N–H and O–H groups in total. The van der Waals surface area contributed by atoms with Crippen LogP contribution in [0.25, 0.3) is 28.9 Å². The first-order valence-electron chi connectivity index (χ1n) is 9.09. The van der Waals surface area contributed by atoms with Crippen LogP contribution in [0.5, 0.6) is 0 Å². The van der Waals surface area contributed by atoms with E-state index < -0.39 is 0 Å². The van der Waals surface area contributed by atoms with Crippen LogP contribution in [0, 0.1) is 5.92 Å². The fourth-order valence-corrected chi connectivity index (χ4v) is 2.85. The number of fused-ring (bicyclic) bond motifs is 1. The summed E-state index contributed by atoms with van der Waals surface area (Å²) >= 11 is 0. The summed E-state index contributed by atoms with van der Waals surface area (Å²) in [6.07, 6.45) is 4.74. The van der Waals surface area contributed by atoms with Gasteiger partial charge in [0.05, 0.1) is 11.4 Å². The molecular weight excluding hydrogens is 336 g/mol. The molecule has 0 saturated carbocycles. The van der Waals surface area contributed by atoms with Crippen LogP contribution in [0.2, 0.25) is 0 Å². The molecule has 6 heteroatoms. The predicted octanol–water partition coefficient (Wildman–Crippen LogP) is 3.32. The van der Waals surface area contributed by atoms with E-state index in [0.29, 0.717) is 18.3 Å². The zero-order valence-corrected chi connectivity index (χ0v) is 16.0. The Hall–Kier alpha value is -2.99. The first-order valence-corrected chi connectivity index (χ1v) is 9.09. The van der Waals surface area contributed by atoms with Crippen molar-refractivity contribution in [3.05, 3.63) is 60.9 Å².